The number of rotatable bonds is 0. The van der Waals surface area contributed by atoms with Gasteiger partial charge in [-0.3, -0.25) is 0 Å². The molecule has 3 fully saturated rings. The van der Waals surface area contributed by atoms with E-state index in [9.17, 15) is 0 Å². The Hall–Kier alpha value is -0.0800. The lowest BCUT2D eigenvalue weighted by atomic mass is 9.95. The van der Waals surface area contributed by atoms with Crippen LogP contribution in [0.15, 0.2) is 0 Å². The second-order valence-electron chi connectivity index (χ2n) is 5.91. The van der Waals surface area contributed by atoms with Crippen LogP contribution in [0.1, 0.15) is 64.2 Å². The van der Waals surface area contributed by atoms with Gasteiger partial charge >= 0.3 is 0 Å². The van der Waals surface area contributed by atoms with Crippen molar-refractivity contribution in [3.8, 4) is 0 Å². The van der Waals surface area contributed by atoms with E-state index in [0.717, 1.165) is 5.92 Å². The maximum absolute atomic E-state index is 6.00. The van der Waals surface area contributed by atoms with Crippen LogP contribution in [0.2, 0.25) is 0 Å². The summed E-state index contributed by atoms with van der Waals surface area (Å²) in [6, 6.07) is 0.536. The van der Waals surface area contributed by atoms with Gasteiger partial charge in [-0.2, -0.15) is 0 Å². The minimum Gasteiger partial charge on any atom is -0.328 e. The smallest absolute Gasteiger partial charge is 0.0157 e. The quantitative estimate of drug-likeness (QED) is 0.645. The van der Waals surface area contributed by atoms with Crippen molar-refractivity contribution < 1.29 is 0 Å². The van der Waals surface area contributed by atoms with Crippen molar-refractivity contribution in [3.05, 3.63) is 0 Å². The van der Waals surface area contributed by atoms with Gasteiger partial charge in [-0.1, -0.05) is 19.3 Å². The van der Waals surface area contributed by atoms with Crippen molar-refractivity contribution in [2.45, 2.75) is 75.8 Å². The third-order valence-corrected chi connectivity index (χ3v) is 4.45. The van der Waals surface area contributed by atoms with Gasteiger partial charge in [0.05, 0.1) is 0 Å². The standard InChI is InChI=1S/C7H13N.C6H13N/c8-7-3-1-6(5-7)2-4-7;7-6-4-2-1-3-5-6/h6H,1-5,8H2;6H,1-5,7H2. The highest BCUT2D eigenvalue weighted by molar-refractivity contribution is 4.99. The molecule has 0 atom stereocenters. The van der Waals surface area contributed by atoms with Crippen LogP contribution in [0, 0.1) is 5.92 Å². The van der Waals surface area contributed by atoms with E-state index in [1.807, 2.05) is 0 Å². The van der Waals surface area contributed by atoms with Gasteiger partial charge in [0.1, 0.15) is 0 Å². The molecule has 0 spiro atoms. The van der Waals surface area contributed by atoms with Crippen LogP contribution >= 0.6 is 0 Å². The maximum atomic E-state index is 6.00. The molecule has 15 heavy (non-hydrogen) atoms. The molecule has 0 amide bonds. The van der Waals surface area contributed by atoms with Gasteiger partial charge in [-0.25, -0.2) is 0 Å². The molecule has 2 heteroatoms. The zero-order valence-electron chi connectivity index (χ0n) is 9.88. The molecule has 2 bridgehead atoms. The van der Waals surface area contributed by atoms with Gasteiger partial charge in [0, 0.05) is 11.6 Å². The third-order valence-electron chi connectivity index (χ3n) is 4.45. The van der Waals surface area contributed by atoms with Crippen molar-refractivity contribution in [3.63, 3.8) is 0 Å². The molecule has 88 valence electrons. The van der Waals surface area contributed by atoms with E-state index in [-0.39, 0.29) is 0 Å². The van der Waals surface area contributed by atoms with Crippen molar-refractivity contribution in [2.24, 2.45) is 17.4 Å². The molecule has 3 saturated carbocycles. The van der Waals surface area contributed by atoms with Gasteiger partial charge < -0.3 is 11.5 Å². The first-order valence-corrected chi connectivity index (χ1v) is 6.72. The molecule has 3 aliphatic rings. The zero-order chi connectivity index (χ0) is 10.7. The van der Waals surface area contributed by atoms with Gasteiger partial charge in [0.25, 0.3) is 0 Å². The van der Waals surface area contributed by atoms with Crippen LogP contribution in [0.4, 0.5) is 0 Å². The van der Waals surface area contributed by atoms with E-state index < -0.39 is 0 Å². The Labute approximate surface area is 93.8 Å². The summed E-state index contributed by atoms with van der Waals surface area (Å²) in [5.74, 6) is 1.01. The lowest BCUT2D eigenvalue weighted by Gasteiger charge is -2.19. The number of fused-ring (bicyclic) bond motifs is 2. The zero-order valence-corrected chi connectivity index (χ0v) is 9.88. The van der Waals surface area contributed by atoms with Crippen LogP contribution in [-0.2, 0) is 0 Å². The van der Waals surface area contributed by atoms with E-state index in [0.29, 0.717) is 11.6 Å². The molecule has 0 aromatic heterocycles. The fraction of sp³-hybridized carbons (Fsp3) is 1.00. The molecule has 0 heterocycles. The largest absolute Gasteiger partial charge is 0.328 e. The van der Waals surface area contributed by atoms with Crippen LogP contribution in [0.25, 0.3) is 0 Å². The van der Waals surface area contributed by atoms with Crippen LogP contribution in [-0.4, -0.2) is 11.6 Å². The Morgan fingerprint density at radius 3 is 1.67 bits per heavy atom. The molecule has 0 aromatic carbocycles. The first kappa shape index (κ1) is 11.4. The fourth-order valence-corrected chi connectivity index (χ4v) is 3.37. The molecule has 0 aliphatic heterocycles. The summed E-state index contributed by atoms with van der Waals surface area (Å²) in [5.41, 5.74) is 11.9. The Morgan fingerprint density at radius 2 is 1.47 bits per heavy atom. The molecular weight excluding hydrogens is 184 g/mol. The lowest BCUT2D eigenvalue weighted by molar-refractivity contribution is 0.418. The second-order valence-corrected chi connectivity index (χ2v) is 5.91. The average Bonchev–Trinajstić information content (AvgIpc) is 2.77. The summed E-state index contributed by atoms with van der Waals surface area (Å²) >= 11 is 0. The Kier molecular flexibility index (Phi) is 3.68. The number of hydrogen-bond donors (Lipinski definition) is 2. The Morgan fingerprint density at radius 1 is 0.867 bits per heavy atom. The Bertz CT molecular complexity index is 189. The van der Waals surface area contributed by atoms with Crippen molar-refractivity contribution in [2.75, 3.05) is 0 Å². The van der Waals surface area contributed by atoms with Gasteiger partial charge in [0.15, 0.2) is 0 Å². The molecular formula is C13H26N2. The van der Waals surface area contributed by atoms with E-state index in [1.54, 1.807) is 0 Å². The number of nitrogens with two attached hydrogens (primary N) is 2. The Balaban J connectivity index is 0.000000115. The second kappa shape index (κ2) is 4.84. The normalized spacial score (nSPS) is 40.0. The number of hydrogen-bond acceptors (Lipinski definition) is 2. The van der Waals surface area contributed by atoms with Crippen LogP contribution in [0.3, 0.4) is 0 Å². The monoisotopic (exact) mass is 210 g/mol. The van der Waals surface area contributed by atoms with Crippen LogP contribution < -0.4 is 11.5 Å². The molecule has 0 radical (unpaired) electrons. The lowest BCUT2D eigenvalue weighted by Crippen LogP contribution is -2.33. The summed E-state index contributed by atoms with van der Waals surface area (Å²) in [4.78, 5) is 0. The van der Waals surface area contributed by atoms with E-state index in [4.69, 9.17) is 11.5 Å². The van der Waals surface area contributed by atoms with Crippen LogP contribution in [0.5, 0.6) is 0 Å². The molecule has 3 rings (SSSR count). The van der Waals surface area contributed by atoms with E-state index in [2.05, 4.69) is 0 Å². The molecule has 0 aromatic rings. The summed E-state index contributed by atoms with van der Waals surface area (Å²) in [6.07, 6.45) is 13.4. The first-order valence-electron chi connectivity index (χ1n) is 6.72. The molecule has 0 unspecified atom stereocenters. The fourth-order valence-electron chi connectivity index (χ4n) is 3.37. The summed E-state index contributed by atoms with van der Waals surface area (Å²) in [7, 11) is 0. The SMILES string of the molecule is NC12CCC(CC1)C2.NC1CCCCC1. The minimum absolute atomic E-state index is 0.310. The van der Waals surface area contributed by atoms with Crippen molar-refractivity contribution in [1.29, 1.82) is 0 Å². The molecule has 0 saturated heterocycles. The molecule has 4 N–H and O–H groups in total. The highest BCUT2D eigenvalue weighted by Crippen LogP contribution is 2.45. The van der Waals surface area contributed by atoms with Crippen molar-refractivity contribution >= 4 is 0 Å². The molecule has 3 aliphatic carbocycles. The van der Waals surface area contributed by atoms with E-state index >= 15 is 0 Å². The highest BCUT2D eigenvalue weighted by atomic mass is 14.8. The first-order chi connectivity index (χ1) is 7.18. The maximum Gasteiger partial charge on any atom is 0.0157 e. The summed E-state index contributed by atoms with van der Waals surface area (Å²) in [6.45, 7) is 0. The third kappa shape index (κ3) is 3.18. The minimum atomic E-state index is 0.310. The predicted molar refractivity (Wildman–Crippen MR) is 64.6 cm³/mol. The molecule has 2 nitrogen and oxygen atoms in total. The van der Waals surface area contributed by atoms with E-state index in [1.165, 1.54) is 64.2 Å². The topological polar surface area (TPSA) is 52.0 Å². The predicted octanol–water partition coefficient (Wildman–Crippen LogP) is 2.56. The van der Waals surface area contributed by atoms with Crippen molar-refractivity contribution in [1.82, 2.24) is 0 Å². The average molecular weight is 210 g/mol. The highest BCUT2D eigenvalue weighted by Gasteiger charge is 2.41. The van der Waals surface area contributed by atoms with Gasteiger partial charge in [-0.15, -0.1) is 0 Å². The summed E-state index contributed by atoms with van der Waals surface area (Å²) in [5, 5.41) is 0. The van der Waals surface area contributed by atoms with Gasteiger partial charge in [0.2, 0.25) is 0 Å². The van der Waals surface area contributed by atoms with Gasteiger partial charge in [-0.05, 0) is 50.9 Å². The summed E-state index contributed by atoms with van der Waals surface area (Å²) < 4.78 is 0.